The molecule has 28 heavy (non-hydrogen) atoms. The van der Waals surface area contributed by atoms with E-state index < -0.39 is 0 Å². The molecular weight excluding hydrogens is 378 g/mol. The van der Waals surface area contributed by atoms with Crippen LogP contribution >= 0.6 is 11.6 Å². The number of nitrogens with zero attached hydrogens (tertiary/aromatic N) is 2. The van der Waals surface area contributed by atoms with Crippen molar-refractivity contribution in [2.24, 2.45) is 5.92 Å². The third-order valence-electron chi connectivity index (χ3n) is 4.93. The highest BCUT2D eigenvalue weighted by Gasteiger charge is 2.25. The second kappa shape index (κ2) is 9.55. The maximum absolute atomic E-state index is 12.6. The second-order valence-corrected chi connectivity index (χ2v) is 7.34. The molecule has 0 saturated carbocycles. The van der Waals surface area contributed by atoms with Crippen LogP contribution in [0.3, 0.4) is 0 Å². The Kier molecular flexibility index (Phi) is 6.87. The molecule has 0 bridgehead atoms. The average molecular weight is 402 g/mol. The van der Waals surface area contributed by atoms with Crippen molar-refractivity contribution in [2.45, 2.75) is 25.7 Å². The van der Waals surface area contributed by atoms with Gasteiger partial charge in [-0.2, -0.15) is 0 Å². The molecule has 148 valence electrons. The number of carbonyl (C=O) groups excluding carboxylic acids is 2. The minimum Gasteiger partial charge on any atom is -0.495 e. The van der Waals surface area contributed by atoms with Gasteiger partial charge in [-0.05, 0) is 55.5 Å². The van der Waals surface area contributed by atoms with Crippen molar-refractivity contribution in [3.05, 3.63) is 53.3 Å². The first-order chi connectivity index (χ1) is 13.6. The third kappa shape index (κ3) is 5.23. The first-order valence-electron chi connectivity index (χ1n) is 9.39. The first kappa shape index (κ1) is 20.1. The maximum Gasteiger partial charge on any atom is 0.255 e. The molecule has 2 heterocycles. The zero-order valence-corrected chi connectivity index (χ0v) is 16.6. The summed E-state index contributed by atoms with van der Waals surface area (Å²) in [5.74, 6) is 0.840. The lowest BCUT2D eigenvalue weighted by molar-refractivity contribution is -0.116. The number of piperidine rings is 1. The lowest BCUT2D eigenvalue weighted by atomic mass is 9.93. The van der Waals surface area contributed by atoms with Crippen molar-refractivity contribution in [1.82, 2.24) is 9.88 Å². The molecule has 0 spiro atoms. The summed E-state index contributed by atoms with van der Waals surface area (Å²) in [4.78, 5) is 30.8. The van der Waals surface area contributed by atoms with E-state index in [0.717, 1.165) is 25.8 Å². The van der Waals surface area contributed by atoms with Crippen LogP contribution in [0.5, 0.6) is 5.75 Å². The van der Waals surface area contributed by atoms with E-state index in [1.54, 1.807) is 49.8 Å². The van der Waals surface area contributed by atoms with Crippen LogP contribution in [0.15, 0.2) is 42.7 Å². The minimum atomic E-state index is -0.0584. The second-order valence-electron chi connectivity index (χ2n) is 6.94. The fraction of sp³-hybridized carbons (Fsp3) is 0.381. The zero-order chi connectivity index (χ0) is 19.9. The summed E-state index contributed by atoms with van der Waals surface area (Å²) in [6.45, 7) is 1.43. The van der Waals surface area contributed by atoms with E-state index in [2.05, 4.69) is 10.3 Å². The number of pyridine rings is 1. The highest BCUT2D eigenvalue weighted by Crippen LogP contribution is 2.27. The largest absolute Gasteiger partial charge is 0.495 e. The van der Waals surface area contributed by atoms with Gasteiger partial charge in [-0.1, -0.05) is 11.6 Å². The number of hydrogen-bond donors (Lipinski definition) is 1. The van der Waals surface area contributed by atoms with Crippen molar-refractivity contribution < 1.29 is 14.3 Å². The molecule has 1 saturated heterocycles. The Morgan fingerprint density at radius 2 is 2.21 bits per heavy atom. The monoisotopic (exact) mass is 401 g/mol. The van der Waals surface area contributed by atoms with Gasteiger partial charge in [0, 0.05) is 37.6 Å². The number of benzene rings is 1. The molecule has 1 aromatic carbocycles. The van der Waals surface area contributed by atoms with Crippen molar-refractivity contribution in [1.29, 1.82) is 0 Å². The van der Waals surface area contributed by atoms with Gasteiger partial charge in [-0.3, -0.25) is 14.6 Å². The van der Waals surface area contributed by atoms with E-state index in [0.29, 0.717) is 40.9 Å². The van der Waals surface area contributed by atoms with Crippen LogP contribution in [0.25, 0.3) is 0 Å². The summed E-state index contributed by atoms with van der Waals surface area (Å²) in [7, 11) is 1.55. The molecule has 1 fully saturated rings. The van der Waals surface area contributed by atoms with Gasteiger partial charge < -0.3 is 15.0 Å². The normalized spacial score (nSPS) is 16.5. The van der Waals surface area contributed by atoms with Crippen LogP contribution in [0.4, 0.5) is 5.69 Å². The summed E-state index contributed by atoms with van der Waals surface area (Å²) in [6.07, 6.45) is 6.38. The predicted octanol–water partition coefficient (Wildman–Crippen LogP) is 4.01. The van der Waals surface area contributed by atoms with Crippen molar-refractivity contribution >= 4 is 29.1 Å². The van der Waals surface area contributed by atoms with E-state index in [1.807, 2.05) is 4.90 Å². The SMILES string of the molecule is COc1ccc(NC(=O)CC[C@H]2CCCN(C(=O)c3cccnc3)C2)cc1Cl. The molecular formula is C21H24ClN3O3. The van der Waals surface area contributed by atoms with Gasteiger partial charge in [0.1, 0.15) is 5.75 Å². The Hall–Kier alpha value is -2.60. The summed E-state index contributed by atoms with van der Waals surface area (Å²) >= 11 is 6.09. The zero-order valence-electron chi connectivity index (χ0n) is 15.9. The molecule has 1 atom stereocenters. The summed E-state index contributed by atoms with van der Waals surface area (Å²) in [5.41, 5.74) is 1.25. The third-order valence-corrected chi connectivity index (χ3v) is 5.23. The summed E-state index contributed by atoms with van der Waals surface area (Å²) < 4.78 is 5.11. The predicted molar refractivity (Wildman–Crippen MR) is 109 cm³/mol. The highest BCUT2D eigenvalue weighted by atomic mass is 35.5. The van der Waals surface area contributed by atoms with E-state index in [-0.39, 0.29) is 11.8 Å². The van der Waals surface area contributed by atoms with Gasteiger partial charge in [-0.15, -0.1) is 0 Å². The number of methoxy groups -OCH3 is 1. The van der Waals surface area contributed by atoms with Gasteiger partial charge in [-0.25, -0.2) is 0 Å². The number of rotatable bonds is 6. The first-order valence-corrected chi connectivity index (χ1v) is 9.77. The van der Waals surface area contributed by atoms with Gasteiger partial charge >= 0.3 is 0 Å². The molecule has 3 rings (SSSR count). The topological polar surface area (TPSA) is 71.5 Å². The number of amides is 2. The molecule has 6 nitrogen and oxygen atoms in total. The van der Waals surface area contributed by atoms with Crippen LogP contribution in [-0.4, -0.2) is 41.9 Å². The number of anilines is 1. The van der Waals surface area contributed by atoms with E-state index in [1.165, 1.54) is 0 Å². The smallest absolute Gasteiger partial charge is 0.255 e. The van der Waals surface area contributed by atoms with Crippen molar-refractivity contribution in [3.8, 4) is 5.75 Å². The molecule has 1 aromatic heterocycles. The number of carbonyl (C=O) groups is 2. The fourth-order valence-electron chi connectivity index (χ4n) is 3.46. The number of ether oxygens (including phenoxy) is 1. The van der Waals surface area contributed by atoms with Crippen LogP contribution in [-0.2, 0) is 4.79 Å². The van der Waals surface area contributed by atoms with Crippen molar-refractivity contribution in [3.63, 3.8) is 0 Å². The fourth-order valence-corrected chi connectivity index (χ4v) is 3.72. The molecule has 7 heteroatoms. The molecule has 0 aliphatic carbocycles. The number of likely N-dealkylation sites (tertiary alicyclic amines) is 1. The Balaban J connectivity index is 1.49. The standard InChI is InChI=1S/C21H24ClN3O3/c1-28-19-8-7-17(12-18(19)22)24-20(26)9-6-15-4-3-11-25(14-15)21(27)16-5-2-10-23-13-16/h2,5,7-8,10,12-13,15H,3-4,6,9,11,14H2,1H3,(H,24,26)/t15-/m1/s1. The average Bonchev–Trinajstić information content (AvgIpc) is 2.73. The van der Waals surface area contributed by atoms with E-state index in [4.69, 9.17) is 16.3 Å². The van der Waals surface area contributed by atoms with Crippen LogP contribution in [0, 0.1) is 5.92 Å². The Labute approximate surface area is 169 Å². The molecule has 0 unspecified atom stereocenters. The molecule has 2 aromatic rings. The molecule has 1 aliphatic heterocycles. The minimum absolute atomic E-state index is 0.00938. The molecule has 0 radical (unpaired) electrons. The van der Waals surface area contributed by atoms with Crippen LogP contribution in [0.2, 0.25) is 5.02 Å². The van der Waals surface area contributed by atoms with E-state index in [9.17, 15) is 9.59 Å². The Morgan fingerprint density at radius 3 is 2.93 bits per heavy atom. The molecule has 1 N–H and O–H groups in total. The van der Waals surface area contributed by atoms with Crippen LogP contribution in [0.1, 0.15) is 36.0 Å². The van der Waals surface area contributed by atoms with Gasteiger partial charge in [0.25, 0.3) is 5.91 Å². The quantitative estimate of drug-likeness (QED) is 0.793. The number of halogens is 1. The number of aromatic nitrogens is 1. The summed E-state index contributed by atoms with van der Waals surface area (Å²) in [5, 5.41) is 3.32. The molecule has 2 amide bonds. The Morgan fingerprint density at radius 1 is 1.36 bits per heavy atom. The van der Waals surface area contributed by atoms with Gasteiger partial charge in [0.05, 0.1) is 17.7 Å². The van der Waals surface area contributed by atoms with Crippen molar-refractivity contribution in [2.75, 3.05) is 25.5 Å². The molecule has 1 aliphatic rings. The Bertz CT molecular complexity index is 829. The summed E-state index contributed by atoms with van der Waals surface area (Å²) in [6, 6.07) is 8.71. The lowest BCUT2D eigenvalue weighted by Crippen LogP contribution is -2.40. The highest BCUT2D eigenvalue weighted by molar-refractivity contribution is 6.32. The number of hydrogen-bond acceptors (Lipinski definition) is 4. The number of nitrogens with one attached hydrogen (secondary N) is 1. The van der Waals surface area contributed by atoms with E-state index >= 15 is 0 Å². The lowest BCUT2D eigenvalue weighted by Gasteiger charge is -2.32. The maximum atomic E-state index is 12.6. The van der Waals surface area contributed by atoms with Gasteiger partial charge in [0.2, 0.25) is 5.91 Å². The van der Waals surface area contributed by atoms with Crippen LogP contribution < -0.4 is 10.1 Å². The van der Waals surface area contributed by atoms with Gasteiger partial charge in [0.15, 0.2) is 0 Å².